The van der Waals surface area contributed by atoms with Crippen LogP contribution in [0.5, 0.6) is 0 Å². The highest BCUT2D eigenvalue weighted by molar-refractivity contribution is 7.48. The molecule has 0 heterocycles. The summed E-state index contributed by atoms with van der Waals surface area (Å²) in [7, 11) is -4.24. The maximum atomic E-state index is 11.3. The van der Waals surface area contributed by atoms with Gasteiger partial charge in [-0.1, -0.05) is 30.3 Å². The maximum Gasteiger partial charge on any atom is 0.529 e. The van der Waals surface area contributed by atoms with Crippen molar-refractivity contribution in [2.45, 2.75) is 13.3 Å². The molecule has 1 unspecified atom stereocenters. The average Bonchev–Trinajstić information content (AvgIpc) is 2.17. The zero-order valence-corrected chi connectivity index (χ0v) is 9.72. The standard InChI is InChI=1S/C10H13O5P/c1-2-14-16(12,13)15-10(11)8-9-6-4-3-5-7-9/h3-7H,2,8H2,1H3,(H,12,13). The van der Waals surface area contributed by atoms with Gasteiger partial charge in [0.25, 0.3) is 0 Å². The summed E-state index contributed by atoms with van der Waals surface area (Å²) in [4.78, 5) is 20.3. The minimum atomic E-state index is -4.24. The molecule has 0 aromatic heterocycles. The molecule has 1 rings (SSSR count). The number of carbonyl (C=O) groups excluding carboxylic acids is 1. The molecule has 0 spiro atoms. The topological polar surface area (TPSA) is 72.8 Å². The molecular formula is C10H13O5P. The van der Waals surface area contributed by atoms with Gasteiger partial charge < -0.3 is 4.52 Å². The van der Waals surface area contributed by atoms with E-state index in [1.165, 1.54) is 6.92 Å². The average molecular weight is 244 g/mol. The maximum absolute atomic E-state index is 11.3. The van der Waals surface area contributed by atoms with Gasteiger partial charge >= 0.3 is 13.8 Å². The molecule has 0 aliphatic rings. The summed E-state index contributed by atoms with van der Waals surface area (Å²) in [5.41, 5.74) is 0.712. The second kappa shape index (κ2) is 5.80. The lowest BCUT2D eigenvalue weighted by molar-refractivity contribution is -0.135. The Labute approximate surface area is 93.6 Å². The van der Waals surface area contributed by atoms with Gasteiger partial charge in [0.1, 0.15) is 0 Å². The molecule has 16 heavy (non-hydrogen) atoms. The summed E-state index contributed by atoms with van der Waals surface area (Å²) in [6.07, 6.45) is -0.0571. The minimum Gasteiger partial charge on any atom is -0.370 e. The van der Waals surface area contributed by atoms with Crippen LogP contribution < -0.4 is 0 Å². The first-order chi connectivity index (χ1) is 7.53. The van der Waals surface area contributed by atoms with Crippen molar-refractivity contribution in [3.8, 4) is 0 Å². The fourth-order valence-corrected chi connectivity index (χ4v) is 1.81. The molecule has 1 aromatic rings. The Balaban J connectivity index is 2.51. The molecule has 0 saturated carbocycles. The first kappa shape index (κ1) is 12.9. The van der Waals surface area contributed by atoms with Gasteiger partial charge in [-0.25, -0.2) is 4.57 Å². The van der Waals surface area contributed by atoms with Crippen molar-refractivity contribution in [1.29, 1.82) is 0 Å². The Hall–Kier alpha value is -1.16. The predicted molar refractivity (Wildman–Crippen MR) is 57.7 cm³/mol. The second-order valence-corrected chi connectivity index (χ2v) is 4.39. The number of carbonyl (C=O) groups is 1. The van der Waals surface area contributed by atoms with Gasteiger partial charge in [-0.3, -0.25) is 14.2 Å². The lowest BCUT2D eigenvalue weighted by Gasteiger charge is -2.10. The van der Waals surface area contributed by atoms with Crippen molar-refractivity contribution in [3.63, 3.8) is 0 Å². The number of phosphoric ester groups is 1. The highest BCUT2D eigenvalue weighted by Gasteiger charge is 2.25. The van der Waals surface area contributed by atoms with Gasteiger partial charge in [-0.2, -0.15) is 0 Å². The molecule has 1 atom stereocenters. The third-order valence-corrected chi connectivity index (χ3v) is 2.72. The molecule has 0 aliphatic carbocycles. The van der Waals surface area contributed by atoms with Gasteiger partial charge in [-0.05, 0) is 12.5 Å². The van der Waals surface area contributed by atoms with Crippen molar-refractivity contribution in [2.24, 2.45) is 0 Å². The number of phosphoric acid groups is 1. The van der Waals surface area contributed by atoms with Crippen LogP contribution in [0.25, 0.3) is 0 Å². The Morgan fingerprint density at radius 3 is 2.56 bits per heavy atom. The summed E-state index contributed by atoms with van der Waals surface area (Å²) in [5.74, 6) is -0.787. The predicted octanol–water partition coefficient (Wildman–Crippen LogP) is 1.91. The van der Waals surface area contributed by atoms with Gasteiger partial charge in [0.15, 0.2) is 0 Å². The summed E-state index contributed by atoms with van der Waals surface area (Å²) >= 11 is 0. The van der Waals surface area contributed by atoms with E-state index in [2.05, 4.69) is 9.05 Å². The number of rotatable bonds is 5. The van der Waals surface area contributed by atoms with Crippen LogP contribution in [0.2, 0.25) is 0 Å². The highest BCUT2D eigenvalue weighted by Crippen LogP contribution is 2.43. The van der Waals surface area contributed by atoms with Crippen molar-refractivity contribution >= 4 is 13.8 Å². The molecule has 0 fully saturated rings. The van der Waals surface area contributed by atoms with Crippen LogP contribution in [0.3, 0.4) is 0 Å². The van der Waals surface area contributed by atoms with E-state index in [1.807, 2.05) is 6.07 Å². The Morgan fingerprint density at radius 1 is 1.38 bits per heavy atom. The molecule has 0 saturated heterocycles. The molecule has 0 aliphatic heterocycles. The summed E-state index contributed by atoms with van der Waals surface area (Å²) < 4.78 is 19.8. The van der Waals surface area contributed by atoms with Gasteiger partial charge in [-0.15, -0.1) is 0 Å². The lowest BCUT2D eigenvalue weighted by Crippen LogP contribution is -2.07. The van der Waals surface area contributed by atoms with Crippen molar-refractivity contribution in [1.82, 2.24) is 0 Å². The van der Waals surface area contributed by atoms with E-state index in [-0.39, 0.29) is 13.0 Å². The first-order valence-electron chi connectivity index (χ1n) is 4.77. The molecule has 88 valence electrons. The fraction of sp³-hybridized carbons (Fsp3) is 0.300. The van der Waals surface area contributed by atoms with Gasteiger partial charge in [0.05, 0.1) is 13.0 Å². The van der Waals surface area contributed by atoms with Crippen LogP contribution in [0.15, 0.2) is 30.3 Å². The molecule has 0 amide bonds. The Morgan fingerprint density at radius 2 is 2.00 bits per heavy atom. The van der Waals surface area contributed by atoms with E-state index < -0.39 is 13.8 Å². The fourth-order valence-electron chi connectivity index (χ4n) is 1.11. The number of hydrogen-bond acceptors (Lipinski definition) is 4. The van der Waals surface area contributed by atoms with E-state index in [1.54, 1.807) is 24.3 Å². The molecule has 1 N–H and O–H groups in total. The van der Waals surface area contributed by atoms with E-state index in [0.717, 1.165) is 0 Å². The smallest absolute Gasteiger partial charge is 0.370 e. The van der Waals surface area contributed by atoms with Crippen LogP contribution in [0.1, 0.15) is 12.5 Å². The zero-order chi connectivity index (χ0) is 12.0. The third kappa shape index (κ3) is 4.57. The second-order valence-electron chi connectivity index (χ2n) is 3.01. The molecule has 1 aromatic carbocycles. The number of benzene rings is 1. The Bertz CT molecular complexity index is 389. The Kier molecular flexibility index (Phi) is 4.68. The molecule has 6 heteroatoms. The molecular weight excluding hydrogens is 231 g/mol. The van der Waals surface area contributed by atoms with Crippen LogP contribution in [0.4, 0.5) is 0 Å². The van der Waals surface area contributed by atoms with Crippen molar-refractivity contribution < 1.29 is 23.3 Å². The molecule has 5 nitrogen and oxygen atoms in total. The van der Waals surface area contributed by atoms with Crippen LogP contribution in [-0.2, 0) is 24.8 Å². The summed E-state index contributed by atoms with van der Waals surface area (Å²) in [6, 6.07) is 8.80. The molecule has 0 radical (unpaired) electrons. The van der Waals surface area contributed by atoms with Gasteiger partial charge in [0, 0.05) is 0 Å². The van der Waals surface area contributed by atoms with E-state index in [0.29, 0.717) is 5.56 Å². The van der Waals surface area contributed by atoms with Crippen LogP contribution >= 0.6 is 7.82 Å². The summed E-state index contributed by atoms with van der Waals surface area (Å²) in [5, 5.41) is 0. The van der Waals surface area contributed by atoms with Crippen LogP contribution in [0, 0.1) is 0 Å². The van der Waals surface area contributed by atoms with E-state index in [9.17, 15) is 9.36 Å². The van der Waals surface area contributed by atoms with Crippen molar-refractivity contribution in [3.05, 3.63) is 35.9 Å². The van der Waals surface area contributed by atoms with E-state index >= 15 is 0 Å². The van der Waals surface area contributed by atoms with Gasteiger partial charge in [0.2, 0.25) is 0 Å². The quantitative estimate of drug-likeness (QED) is 0.801. The lowest BCUT2D eigenvalue weighted by atomic mass is 10.2. The summed E-state index contributed by atoms with van der Waals surface area (Å²) in [6.45, 7) is 1.54. The third-order valence-electron chi connectivity index (χ3n) is 1.70. The first-order valence-corrected chi connectivity index (χ1v) is 6.26. The highest BCUT2D eigenvalue weighted by atomic mass is 31.2. The monoisotopic (exact) mass is 244 g/mol. The largest absolute Gasteiger partial charge is 0.529 e. The minimum absolute atomic E-state index is 0.00634. The molecule has 0 bridgehead atoms. The number of hydrogen-bond donors (Lipinski definition) is 1. The normalized spacial score (nSPS) is 14.1. The SMILES string of the molecule is CCOP(=O)(O)OC(=O)Cc1ccccc1. The zero-order valence-electron chi connectivity index (χ0n) is 8.83. The van der Waals surface area contributed by atoms with Crippen molar-refractivity contribution in [2.75, 3.05) is 6.61 Å². The van der Waals surface area contributed by atoms with E-state index in [4.69, 9.17) is 4.89 Å². The van der Waals surface area contributed by atoms with Crippen LogP contribution in [-0.4, -0.2) is 17.5 Å².